The molecular weight excluding hydrogens is 392 g/mol. The van der Waals surface area contributed by atoms with Crippen LogP contribution in [0.4, 0.5) is 5.88 Å². The Bertz CT molecular complexity index is 1180. The zero-order valence-electron chi connectivity index (χ0n) is 15.5. The molecule has 8 heteroatoms. The number of nitrogens with one attached hydrogen (secondary N) is 1. The summed E-state index contributed by atoms with van der Waals surface area (Å²) in [6.45, 7) is 0.341. The van der Waals surface area contributed by atoms with Crippen LogP contribution in [-0.2, 0) is 16.4 Å². The second kappa shape index (κ2) is 7.84. The molecule has 0 bridgehead atoms. The minimum absolute atomic E-state index is 0.0519. The van der Waals surface area contributed by atoms with E-state index < -0.39 is 9.84 Å². The first-order valence-electron chi connectivity index (χ1n) is 8.79. The summed E-state index contributed by atoms with van der Waals surface area (Å²) in [7, 11) is -2.29. The number of hydrogen-bond acceptors (Lipinski definition) is 7. The van der Waals surface area contributed by atoms with Crippen LogP contribution in [-0.4, -0.2) is 20.5 Å². The molecule has 2 heterocycles. The van der Waals surface area contributed by atoms with Gasteiger partial charge in [-0.25, -0.2) is 8.42 Å². The number of nitrogens with zero attached hydrogens (tertiary/aromatic N) is 1. The number of sulfone groups is 1. The molecule has 0 saturated heterocycles. The molecule has 0 amide bonds. The van der Waals surface area contributed by atoms with Gasteiger partial charge in [-0.05, 0) is 42.0 Å². The molecule has 0 radical (unpaired) electrons. The molecule has 4 aromatic rings. The van der Waals surface area contributed by atoms with Gasteiger partial charge >= 0.3 is 0 Å². The number of hydrogen-bond donors (Lipinski definition) is 1. The van der Waals surface area contributed by atoms with E-state index in [0.717, 1.165) is 11.3 Å². The van der Waals surface area contributed by atoms with Crippen LogP contribution in [0.15, 0.2) is 91.7 Å². The first-order chi connectivity index (χ1) is 14.1. The smallest absolute Gasteiger partial charge is 0.266 e. The van der Waals surface area contributed by atoms with E-state index in [1.54, 1.807) is 37.4 Å². The summed E-state index contributed by atoms with van der Waals surface area (Å²) in [5.41, 5.74) is 0.921. The Balaban J connectivity index is 1.69. The van der Waals surface area contributed by atoms with E-state index >= 15 is 0 Å². The summed E-state index contributed by atoms with van der Waals surface area (Å²) >= 11 is 0. The van der Waals surface area contributed by atoms with E-state index in [-0.39, 0.29) is 21.7 Å². The normalized spacial score (nSPS) is 11.3. The number of benzene rings is 2. The van der Waals surface area contributed by atoms with Gasteiger partial charge in [0.1, 0.15) is 5.75 Å². The molecule has 0 aliphatic heterocycles. The Morgan fingerprint density at radius 3 is 2.41 bits per heavy atom. The van der Waals surface area contributed by atoms with Crippen LogP contribution >= 0.6 is 0 Å². The van der Waals surface area contributed by atoms with E-state index in [4.69, 9.17) is 13.6 Å². The highest BCUT2D eigenvalue weighted by molar-refractivity contribution is 7.91. The molecule has 0 aliphatic carbocycles. The Hall–Kier alpha value is -3.52. The second-order valence-corrected chi connectivity index (χ2v) is 8.01. The number of furan rings is 1. The van der Waals surface area contributed by atoms with Gasteiger partial charge in [-0.15, -0.1) is 0 Å². The first kappa shape index (κ1) is 18.8. The van der Waals surface area contributed by atoms with E-state index in [2.05, 4.69) is 10.3 Å². The lowest BCUT2D eigenvalue weighted by Gasteiger charge is -2.07. The quantitative estimate of drug-likeness (QED) is 0.483. The van der Waals surface area contributed by atoms with Crippen molar-refractivity contribution in [2.24, 2.45) is 0 Å². The molecular formula is C21H18N2O5S. The minimum atomic E-state index is -3.88. The Morgan fingerprint density at radius 1 is 1.00 bits per heavy atom. The minimum Gasteiger partial charge on any atom is -0.497 e. The van der Waals surface area contributed by atoms with Crippen LogP contribution in [0.25, 0.3) is 11.7 Å². The summed E-state index contributed by atoms with van der Waals surface area (Å²) in [4.78, 5) is 4.34. The van der Waals surface area contributed by atoms with Crippen molar-refractivity contribution >= 4 is 15.7 Å². The molecule has 0 saturated carbocycles. The molecule has 0 spiro atoms. The lowest BCUT2D eigenvalue weighted by molar-refractivity contribution is 0.414. The molecule has 148 valence electrons. The zero-order chi connectivity index (χ0) is 20.3. The van der Waals surface area contributed by atoms with Crippen molar-refractivity contribution in [1.82, 2.24) is 4.98 Å². The first-order valence-corrected chi connectivity index (χ1v) is 10.3. The third-order valence-corrected chi connectivity index (χ3v) is 5.93. The van der Waals surface area contributed by atoms with Crippen LogP contribution in [0, 0.1) is 0 Å². The monoisotopic (exact) mass is 410 g/mol. The molecule has 4 rings (SSSR count). The third-order valence-electron chi connectivity index (χ3n) is 4.25. The van der Waals surface area contributed by atoms with Crippen molar-refractivity contribution in [3.8, 4) is 17.4 Å². The van der Waals surface area contributed by atoms with Crippen LogP contribution < -0.4 is 10.1 Å². The summed E-state index contributed by atoms with van der Waals surface area (Å²) < 4.78 is 42.4. The molecule has 2 aromatic heterocycles. The highest BCUT2D eigenvalue weighted by atomic mass is 32.2. The maximum Gasteiger partial charge on any atom is 0.266 e. The van der Waals surface area contributed by atoms with E-state index in [1.165, 1.54) is 18.4 Å². The summed E-state index contributed by atoms with van der Waals surface area (Å²) in [6.07, 6.45) is 1.47. The topological polar surface area (TPSA) is 94.6 Å². The number of rotatable bonds is 7. The summed E-state index contributed by atoms with van der Waals surface area (Å²) in [6, 6.07) is 18.8. The van der Waals surface area contributed by atoms with Crippen molar-refractivity contribution in [2.75, 3.05) is 12.4 Å². The largest absolute Gasteiger partial charge is 0.497 e. The molecule has 0 atom stereocenters. The van der Waals surface area contributed by atoms with Gasteiger partial charge in [-0.2, -0.15) is 4.98 Å². The highest BCUT2D eigenvalue weighted by Crippen LogP contribution is 2.32. The van der Waals surface area contributed by atoms with Gasteiger partial charge in [0.15, 0.2) is 5.76 Å². The van der Waals surface area contributed by atoms with Crippen LogP contribution in [0.2, 0.25) is 0 Å². The van der Waals surface area contributed by atoms with Gasteiger partial charge in [-0.1, -0.05) is 30.3 Å². The van der Waals surface area contributed by atoms with Crippen LogP contribution in [0.1, 0.15) is 5.56 Å². The van der Waals surface area contributed by atoms with Crippen molar-refractivity contribution in [2.45, 2.75) is 16.5 Å². The molecule has 2 aromatic carbocycles. The Kier molecular flexibility index (Phi) is 5.09. The number of oxazole rings is 1. The van der Waals surface area contributed by atoms with E-state index in [0.29, 0.717) is 12.3 Å². The Labute approximate surface area is 167 Å². The molecule has 29 heavy (non-hydrogen) atoms. The maximum absolute atomic E-state index is 13.1. The molecule has 1 N–H and O–H groups in total. The number of methoxy groups -OCH3 is 1. The lowest BCUT2D eigenvalue weighted by Crippen LogP contribution is -2.07. The number of anilines is 1. The van der Waals surface area contributed by atoms with Gasteiger partial charge in [-0.3, -0.25) is 0 Å². The van der Waals surface area contributed by atoms with E-state index in [1.807, 2.05) is 24.3 Å². The SMILES string of the molecule is COc1ccc(CNc2oc(-c3ccco3)nc2S(=O)(=O)c2ccccc2)cc1. The average Bonchev–Trinajstić information content (AvgIpc) is 3.43. The van der Waals surface area contributed by atoms with Crippen molar-refractivity contribution in [1.29, 1.82) is 0 Å². The fourth-order valence-corrected chi connectivity index (χ4v) is 4.04. The average molecular weight is 410 g/mol. The highest BCUT2D eigenvalue weighted by Gasteiger charge is 2.29. The van der Waals surface area contributed by atoms with Crippen LogP contribution in [0.5, 0.6) is 5.75 Å². The summed E-state index contributed by atoms with van der Waals surface area (Å²) in [5, 5.41) is 2.84. The zero-order valence-corrected chi connectivity index (χ0v) is 16.3. The standard InChI is InChI=1S/C21H18N2O5S/c1-26-16-11-9-15(10-12-16)14-22-20-21(23-19(28-20)18-8-5-13-27-18)29(24,25)17-6-3-2-4-7-17/h2-13,22H,14H2,1H3. The molecule has 7 nitrogen and oxygen atoms in total. The van der Waals surface area contributed by atoms with Crippen molar-refractivity contribution in [3.63, 3.8) is 0 Å². The third kappa shape index (κ3) is 3.88. The van der Waals surface area contributed by atoms with Crippen molar-refractivity contribution in [3.05, 3.63) is 78.6 Å². The molecule has 0 unspecified atom stereocenters. The van der Waals surface area contributed by atoms with Gasteiger partial charge in [0.2, 0.25) is 20.7 Å². The molecule has 0 aliphatic rings. The van der Waals surface area contributed by atoms with Crippen LogP contribution in [0.3, 0.4) is 0 Å². The predicted molar refractivity (Wildman–Crippen MR) is 106 cm³/mol. The molecule has 0 fully saturated rings. The lowest BCUT2D eigenvalue weighted by atomic mass is 10.2. The van der Waals surface area contributed by atoms with Gasteiger partial charge in [0.05, 0.1) is 18.3 Å². The fourth-order valence-electron chi connectivity index (χ4n) is 2.74. The van der Waals surface area contributed by atoms with E-state index in [9.17, 15) is 8.42 Å². The second-order valence-electron chi connectivity index (χ2n) is 6.15. The Morgan fingerprint density at radius 2 is 1.76 bits per heavy atom. The summed E-state index contributed by atoms with van der Waals surface area (Å²) in [5.74, 6) is 1.21. The number of aromatic nitrogens is 1. The van der Waals surface area contributed by atoms with Gasteiger partial charge in [0, 0.05) is 6.54 Å². The maximum atomic E-state index is 13.1. The van der Waals surface area contributed by atoms with Gasteiger partial charge in [0.25, 0.3) is 5.89 Å². The predicted octanol–water partition coefficient (Wildman–Crippen LogP) is 4.39. The van der Waals surface area contributed by atoms with Gasteiger partial charge < -0.3 is 18.9 Å². The number of ether oxygens (including phenoxy) is 1. The fraction of sp³-hybridized carbons (Fsp3) is 0.0952. The van der Waals surface area contributed by atoms with Crippen molar-refractivity contribution < 1.29 is 22.0 Å².